The molecule has 0 radical (unpaired) electrons. The summed E-state index contributed by atoms with van der Waals surface area (Å²) in [4.78, 5) is 20.0. The Balaban J connectivity index is 1.50. The molecule has 30 heavy (non-hydrogen) atoms. The number of carbonyl (C=O) groups excluding carboxylic acids is 1. The summed E-state index contributed by atoms with van der Waals surface area (Å²) < 4.78 is 28.9. The molecule has 1 aliphatic heterocycles. The summed E-state index contributed by atoms with van der Waals surface area (Å²) in [6, 6.07) is 1.72. The maximum atomic E-state index is 12.9. The van der Waals surface area contributed by atoms with Gasteiger partial charge in [0.1, 0.15) is 14.1 Å². The van der Waals surface area contributed by atoms with E-state index in [0.717, 1.165) is 62.9 Å². The number of nitrogens with one attached hydrogen (secondary N) is 1. The number of sulfonamides is 1. The monoisotopic (exact) mass is 467 g/mol. The predicted molar refractivity (Wildman–Crippen MR) is 122 cm³/mol. The molecule has 2 aromatic rings. The van der Waals surface area contributed by atoms with Crippen molar-refractivity contribution in [2.24, 2.45) is 0 Å². The highest BCUT2D eigenvalue weighted by molar-refractivity contribution is 7.91. The van der Waals surface area contributed by atoms with Gasteiger partial charge in [0.2, 0.25) is 10.0 Å². The van der Waals surface area contributed by atoms with Crippen molar-refractivity contribution in [3.05, 3.63) is 22.0 Å². The smallest absolute Gasteiger partial charge is 0.265 e. The van der Waals surface area contributed by atoms with Gasteiger partial charge in [0.25, 0.3) is 5.91 Å². The summed E-state index contributed by atoms with van der Waals surface area (Å²) in [5.74, 6) is 0.0501. The molecule has 9 heteroatoms. The van der Waals surface area contributed by atoms with Crippen molar-refractivity contribution in [3.63, 3.8) is 0 Å². The molecule has 2 aliphatic rings. The maximum absolute atomic E-state index is 12.9. The van der Waals surface area contributed by atoms with Gasteiger partial charge in [-0.2, -0.15) is 0 Å². The Morgan fingerprint density at radius 2 is 1.77 bits per heavy atom. The Kier molecular flexibility index (Phi) is 6.91. The molecule has 0 atom stereocenters. The number of thiazole rings is 1. The first-order chi connectivity index (χ1) is 14.4. The van der Waals surface area contributed by atoms with Crippen molar-refractivity contribution < 1.29 is 13.2 Å². The predicted octanol–water partition coefficient (Wildman–Crippen LogP) is 4.81. The number of hydrogen-bond acceptors (Lipinski definition) is 6. The van der Waals surface area contributed by atoms with Gasteiger partial charge >= 0.3 is 0 Å². The lowest BCUT2D eigenvalue weighted by Gasteiger charge is -2.26. The molecule has 0 spiro atoms. The third-order valence-electron chi connectivity index (χ3n) is 5.90. The molecule has 1 aliphatic carbocycles. The van der Waals surface area contributed by atoms with Crippen LogP contribution >= 0.6 is 22.7 Å². The second-order valence-electron chi connectivity index (χ2n) is 8.25. The SMILES string of the molecule is Cc1nc(-c2csc(S(=O)(=O)NC3CCCCCC3)c2)sc1C(=O)N1CCCCC1. The standard InChI is InChI=1S/C21H29N3O3S3/c1-15-19(21(25)24-11-7-4-8-12-24)29-20(22-15)16-13-18(28-14-16)30(26,27)23-17-9-5-2-3-6-10-17/h13-14,17,23H,2-12H2,1H3. The first-order valence-electron chi connectivity index (χ1n) is 10.8. The number of amides is 1. The Morgan fingerprint density at radius 3 is 2.47 bits per heavy atom. The van der Waals surface area contributed by atoms with Gasteiger partial charge < -0.3 is 4.90 Å². The van der Waals surface area contributed by atoms with E-state index in [2.05, 4.69) is 9.71 Å². The van der Waals surface area contributed by atoms with E-state index in [1.807, 2.05) is 17.2 Å². The van der Waals surface area contributed by atoms with Crippen molar-refractivity contribution in [1.82, 2.24) is 14.6 Å². The van der Waals surface area contributed by atoms with Gasteiger partial charge in [0.15, 0.2) is 0 Å². The first-order valence-corrected chi connectivity index (χ1v) is 14.0. The normalized spacial score (nSPS) is 19.0. The van der Waals surface area contributed by atoms with Gasteiger partial charge in [0, 0.05) is 30.1 Å². The molecule has 1 saturated carbocycles. The third kappa shape index (κ3) is 4.95. The largest absolute Gasteiger partial charge is 0.338 e. The third-order valence-corrected chi connectivity index (χ3v) is 10.1. The molecule has 4 rings (SSSR count). The Labute approximate surface area is 186 Å². The number of aromatic nitrogens is 1. The van der Waals surface area contributed by atoms with Crippen LogP contribution in [0.1, 0.15) is 73.2 Å². The molecule has 1 N–H and O–H groups in total. The second kappa shape index (κ2) is 9.46. The zero-order valence-corrected chi connectivity index (χ0v) is 19.8. The number of hydrogen-bond donors (Lipinski definition) is 1. The van der Waals surface area contributed by atoms with E-state index in [-0.39, 0.29) is 11.9 Å². The minimum atomic E-state index is -3.53. The fraction of sp³-hybridized carbons (Fsp3) is 0.619. The average molecular weight is 468 g/mol. The zero-order chi connectivity index (χ0) is 21.1. The topological polar surface area (TPSA) is 79.4 Å². The summed E-state index contributed by atoms with van der Waals surface area (Å²) in [5, 5.41) is 2.54. The number of carbonyl (C=O) groups is 1. The van der Waals surface area contributed by atoms with Crippen molar-refractivity contribution in [2.75, 3.05) is 13.1 Å². The number of thiophene rings is 1. The highest BCUT2D eigenvalue weighted by atomic mass is 32.2. The molecule has 2 aromatic heterocycles. The first kappa shape index (κ1) is 21.9. The zero-order valence-electron chi connectivity index (χ0n) is 17.4. The molecular weight excluding hydrogens is 438 g/mol. The van der Waals surface area contributed by atoms with Crippen LogP contribution in [-0.2, 0) is 10.0 Å². The fourth-order valence-corrected chi connectivity index (χ4v) is 7.79. The molecule has 1 saturated heterocycles. The van der Waals surface area contributed by atoms with Crippen LogP contribution in [0, 0.1) is 6.92 Å². The lowest BCUT2D eigenvalue weighted by Crippen LogP contribution is -2.35. The summed E-state index contributed by atoms with van der Waals surface area (Å²) in [7, 11) is -3.53. The highest BCUT2D eigenvalue weighted by Crippen LogP contribution is 2.34. The minimum Gasteiger partial charge on any atom is -0.338 e. The molecule has 6 nitrogen and oxygen atoms in total. The molecule has 164 valence electrons. The molecular formula is C21H29N3O3S3. The summed E-state index contributed by atoms with van der Waals surface area (Å²) >= 11 is 2.58. The van der Waals surface area contributed by atoms with Crippen LogP contribution < -0.4 is 4.72 Å². The van der Waals surface area contributed by atoms with Crippen LogP contribution in [0.15, 0.2) is 15.7 Å². The Hall–Kier alpha value is -1.29. The van der Waals surface area contributed by atoms with E-state index in [1.54, 1.807) is 6.07 Å². The average Bonchev–Trinajstić information content (AvgIpc) is 3.30. The van der Waals surface area contributed by atoms with Gasteiger partial charge in [-0.1, -0.05) is 25.7 Å². The fourth-order valence-electron chi connectivity index (χ4n) is 4.20. The minimum absolute atomic E-state index is 0.0268. The van der Waals surface area contributed by atoms with E-state index in [9.17, 15) is 13.2 Å². The van der Waals surface area contributed by atoms with Crippen LogP contribution in [0.5, 0.6) is 0 Å². The lowest BCUT2D eigenvalue weighted by molar-refractivity contribution is 0.0728. The van der Waals surface area contributed by atoms with Gasteiger partial charge in [0.05, 0.1) is 5.69 Å². The second-order valence-corrected chi connectivity index (χ2v) is 12.1. The Morgan fingerprint density at radius 1 is 1.10 bits per heavy atom. The van der Waals surface area contributed by atoms with Crippen LogP contribution in [0.2, 0.25) is 0 Å². The van der Waals surface area contributed by atoms with Crippen molar-refractivity contribution >= 4 is 38.6 Å². The molecule has 0 aromatic carbocycles. The van der Waals surface area contributed by atoms with Gasteiger partial charge in [-0.05, 0) is 45.1 Å². The van der Waals surface area contributed by atoms with E-state index >= 15 is 0 Å². The van der Waals surface area contributed by atoms with Crippen LogP contribution in [0.3, 0.4) is 0 Å². The molecule has 1 amide bonds. The summed E-state index contributed by atoms with van der Waals surface area (Å²) in [5.41, 5.74) is 1.49. The van der Waals surface area contributed by atoms with Crippen LogP contribution in [0.4, 0.5) is 0 Å². The maximum Gasteiger partial charge on any atom is 0.265 e. The molecule has 2 fully saturated rings. The lowest BCUT2D eigenvalue weighted by atomic mass is 10.1. The number of piperidine rings is 1. The quantitative estimate of drug-likeness (QED) is 0.640. The van der Waals surface area contributed by atoms with Crippen molar-refractivity contribution in [2.45, 2.75) is 75.0 Å². The van der Waals surface area contributed by atoms with Crippen LogP contribution in [0.25, 0.3) is 10.6 Å². The van der Waals surface area contributed by atoms with Crippen LogP contribution in [-0.4, -0.2) is 43.3 Å². The van der Waals surface area contributed by atoms with Gasteiger partial charge in [-0.15, -0.1) is 22.7 Å². The number of nitrogens with zero attached hydrogens (tertiary/aromatic N) is 2. The van der Waals surface area contributed by atoms with E-state index in [1.165, 1.54) is 41.9 Å². The number of rotatable bonds is 5. The van der Waals surface area contributed by atoms with Gasteiger partial charge in [-0.3, -0.25) is 4.79 Å². The van der Waals surface area contributed by atoms with E-state index in [0.29, 0.717) is 14.1 Å². The molecule has 3 heterocycles. The number of likely N-dealkylation sites (tertiary alicyclic amines) is 1. The number of aryl methyl sites for hydroxylation is 1. The van der Waals surface area contributed by atoms with E-state index in [4.69, 9.17) is 0 Å². The summed E-state index contributed by atoms with van der Waals surface area (Å²) in [6.07, 6.45) is 9.62. The molecule has 0 bridgehead atoms. The van der Waals surface area contributed by atoms with E-state index < -0.39 is 10.0 Å². The van der Waals surface area contributed by atoms with Gasteiger partial charge in [-0.25, -0.2) is 18.1 Å². The van der Waals surface area contributed by atoms with Crippen molar-refractivity contribution in [3.8, 4) is 10.6 Å². The van der Waals surface area contributed by atoms with Crippen molar-refractivity contribution in [1.29, 1.82) is 0 Å². The highest BCUT2D eigenvalue weighted by Gasteiger charge is 2.26. The Bertz CT molecular complexity index is 982. The molecule has 0 unspecified atom stereocenters. The summed E-state index contributed by atoms with van der Waals surface area (Å²) in [6.45, 7) is 3.47.